The van der Waals surface area contributed by atoms with Crippen LogP contribution in [0.2, 0.25) is 10.0 Å². The molecule has 1 N–H and O–H groups in total. The molecule has 0 saturated carbocycles. The molecule has 1 amide bonds. The van der Waals surface area contributed by atoms with Crippen molar-refractivity contribution in [1.82, 2.24) is 10.2 Å². The number of halogens is 2. The molecule has 11 heteroatoms. The zero-order chi connectivity index (χ0) is 30.3. The molecule has 1 aliphatic rings. The van der Waals surface area contributed by atoms with Gasteiger partial charge in [-0.05, 0) is 53.5 Å². The quantitative estimate of drug-likeness (QED) is 0.0710. The van der Waals surface area contributed by atoms with Gasteiger partial charge in [-0.1, -0.05) is 114 Å². The Morgan fingerprint density at radius 2 is 1.91 bits per heavy atom. The van der Waals surface area contributed by atoms with Crippen molar-refractivity contribution >= 4 is 69.2 Å². The summed E-state index contributed by atoms with van der Waals surface area (Å²) < 4.78 is 6.50. The average Bonchev–Trinajstić information content (AvgIpc) is 3.58. The molecule has 0 spiro atoms. The summed E-state index contributed by atoms with van der Waals surface area (Å²) in [4.78, 5) is 28.5. The molecule has 1 aromatic heterocycles. The molecular weight excluding hydrogens is 625 g/mol. The average molecular weight is 653 g/mol. The molecule has 0 radical (unpaired) electrons. The predicted molar refractivity (Wildman–Crippen MR) is 173 cm³/mol. The number of ketones is 1. The first-order chi connectivity index (χ1) is 20.9. The number of thioether (sulfide) groups is 1. The van der Waals surface area contributed by atoms with Gasteiger partial charge in [0.05, 0.1) is 18.2 Å². The van der Waals surface area contributed by atoms with Crippen molar-refractivity contribution in [1.29, 1.82) is 0 Å². The molecule has 0 aliphatic carbocycles. The van der Waals surface area contributed by atoms with Crippen LogP contribution in [0.25, 0.3) is 6.08 Å². The van der Waals surface area contributed by atoms with Crippen molar-refractivity contribution in [2.75, 3.05) is 11.5 Å². The van der Waals surface area contributed by atoms with Crippen molar-refractivity contribution < 1.29 is 19.4 Å². The highest BCUT2D eigenvalue weighted by Crippen LogP contribution is 2.44. The van der Waals surface area contributed by atoms with E-state index in [4.69, 9.17) is 27.9 Å². The van der Waals surface area contributed by atoms with Crippen molar-refractivity contribution in [3.8, 4) is 5.75 Å². The van der Waals surface area contributed by atoms with Crippen LogP contribution in [0.15, 0.2) is 94.5 Å². The Hall–Kier alpha value is -3.63. The second-order valence-corrected chi connectivity index (χ2v) is 12.6. The Morgan fingerprint density at radius 1 is 1.09 bits per heavy atom. The molecule has 1 aliphatic heterocycles. The molecule has 43 heavy (non-hydrogen) atoms. The number of carbonyl (C=O) groups is 2. The van der Waals surface area contributed by atoms with E-state index in [2.05, 4.69) is 17.1 Å². The van der Waals surface area contributed by atoms with Crippen molar-refractivity contribution in [3.05, 3.63) is 117 Å². The number of aromatic nitrogens is 2. The van der Waals surface area contributed by atoms with Crippen LogP contribution in [-0.2, 0) is 15.3 Å². The van der Waals surface area contributed by atoms with E-state index in [0.29, 0.717) is 38.1 Å². The van der Waals surface area contributed by atoms with E-state index >= 15 is 0 Å². The number of ether oxygens (including phenoxy) is 1. The number of carbonyl (C=O) groups excluding carboxylic acids is 2. The van der Waals surface area contributed by atoms with Crippen molar-refractivity contribution in [3.63, 3.8) is 0 Å². The van der Waals surface area contributed by atoms with Crippen LogP contribution in [-0.4, -0.2) is 33.6 Å². The standard InChI is InChI=1S/C32H27Cl2N3O4S2/c1-2-3-16-41-24-11-7-10-21(17-24)28-27(26(38)15-12-20-8-5-4-6-9-20)29(39)30(40)37(28)31-35-36-32(43-31)42-19-22-13-14-23(33)18-25(22)34/h4-15,17-18,28,39H,2-3,16,19H2,1H3. The Balaban J connectivity index is 1.46. The third-order valence-electron chi connectivity index (χ3n) is 6.61. The summed E-state index contributed by atoms with van der Waals surface area (Å²) in [7, 11) is 0. The van der Waals surface area contributed by atoms with E-state index < -0.39 is 23.5 Å². The fraction of sp³-hybridized carbons (Fsp3) is 0.188. The number of anilines is 1. The monoisotopic (exact) mass is 651 g/mol. The van der Waals surface area contributed by atoms with Crippen LogP contribution in [0.3, 0.4) is 0 Å². The molecule has 5 rings (SSSR count). The number of hydrogen-bond donors (Lipinski definition) is 1. The van der Waals surface area contributed by atoms with Gasteiger partial charge in [-0.15, -0.1) is 10.2 Å². The molecule has 0 saturated heterocycles. The number of allylic oxidation sites excluding steroid dienone is 1. The number of nitrogens with zero attached hydrogens (tertiary/aromatic N) is 3. The lowest BCUT2D eigenvalue weighted by atomic mass is 9.95. The number of amides is 1. The minimum absolute atomic E-state index is 0.0414. The Kier molecular flexibility index (Phi) is 10.2. The lowest BCUT2D eigenvalue weighted by Gasteiger charge is -2.24. The molecule has 220 valence electrons. The number of unbranched alkanes of at least 4 members (excludes halogenated alkanes) is 1. The Bertz CT molecular complexity index is 1690. The molecular formula is C32H27Cl2N3O4S2. The second-order valence-electron chi connectivity index (χ2n) is 9.60. The number of aliphatic hydroxyl groups excluding tert-OH is 1. The number of aliphatic hydroxyl groups is 1. The van der Waals surface area contributed by atoms with Crippen LogP contribution < -0.4 is 9.64 Å². The first kappa shape index (κ1) is 30.8. The predicted octanol–water partition coefficient (Wildman–Crippen LogP) is 8.50. The van der Waals surface area contributed by atoms with Gasteiger partial charge in [0, 0.05) is 15.8 Å². The van der Waals surface area contributed by atoms with Crippen LogP contribution >= 0.6 is 46.3 Å². The largest absolute Gasteiger partial charge is 0.503 e. The zero-order valence-electron chi connectivity index (χ0n) is 23.1. The van der Waals surface area contributed by atoms with Gasteiger partial charge in [-0.25, -0.2) is 0 Å². The maximum atomic E-state index is 13.6. The van der Waals surface area contributed by atoms with E-state index in [1.165, 1.54) is 34.1 Å². The minimum atomic E-state index is -0.938. The third-order valence-corrected chi connectivity index (χ3v) is 9.30. The highest BCUT2D eigenvalue weighted by atomic mass is 35.5. The zero-order valence-corrected chi connectivity index (χ0v) is 26.2. The van der Waals surface area contributed by atoms with Crippen LogP contribution in [0.4, 0.5) is 5.13 Å². The molecule has 1 atom stereocenters. The Labute approximate surface area is 267 Å². The maximum Gasteiger partial charge on any atom is 0.296 e. The number of hydrogen-bond acceptors (Lipinski definition) is 8. The summed E-state index contributed by atoms with van der Waals surface area (Å²) in [6.45, 7) is 2.61. The summed E-state index contributed by atoms with van der Waals surface area (Å²) in [5.41, 5.74) is 2.24. The number of rotatable bonds is 12. The van der Waals surface area contributed by atoms with Gasteiger partial charge in [-0.3, -0.25) is 14.5 Å². The molecule has 1 unspecified atom stereocenters. The van der Waals surface area contributed by atoms with Crippen LogP contribution in [0, 0.1) is 0 Å². The van der Waals surface area contributed by atoms with Gasteiger partial charge in [0.15, 0.2) is 15.9 Å². The lowest BCUT2D eigenvalue weighted by molar-refractivity contribution is -0.117. The van der Waals surface area contributed by atoms with Crippen LogP contribution in [0.5, 0.6) is 5.75 Å². The molecule has 3 aromatic carbocycles. The van der Waals surface area contributed by atoms with Gasteiger partial charge in [0.25, 0.3) is 5.91 Å². The van der Waals surface area contributed by atoms with E-state index in [1.54, 1.807) is 36.4 Å². The highest BCUT2D eigenvalue weighted by molar-refractivity contribution is 8.00. The maximum absolute atomic E-state index is 13.6. The van der Waals surface area contributed by atoms with E-state index in [9.17, 15) is 14.7 Å². The highest BCUT2D eigenvalue weighted by Gasteiger charge is 2.45. The SMILES string of the molecule is CCCCOc1cccc(C2C(C(=O)C=Cc3ccccc3)=C(O)C(=O)N2c2nnc(SCc3ccc(Cl)cc3Cl)s2)c1. The van der Waals surface area contributed by atoms with Gasteiger partial charge >= 0.3 is 0 Å². The minimum Gasteiger partial charge on any atom is -0.503 e. The summed E-state index contributed by atoms with van der Waals surface area (Å²) in [5, 5.41) is 21.0. The molecule has 4 aromatic rings. The lowest BCUT2D eigenvalue weighted by Crippen LogP contribution is -2.30. The smallest absolute Gasteiger partial charge is 0.296 e. The normalized spacial score (nSPS) is 15.1. The van der Waals surface area contributed by atoms with Gasteiger partial charge in [0.1, 0.15) is 5.75 Å². The number of benzene rings is 3. The molecule has 2 heterocycles. The van der Waals surface area contributed by atoms with Gasteiger partial charge < -0.3 is 9.84 Å². The van der Waals surface area contributed by atoms with E-state index in [-0.39, 0.29) is 10.7 Å². The molecule has 0 bridgehead atoms. The van der Waals surface area contributed by atoms with E-state index in [1.807, 2.05) is 42.5 Å². The fourth-order valence-electron chi connectivity index (χ4n) is 4.44. The fourth-order valence-corrected chi connectivity index (χ4v) is 6.87. The molecule has 0 fully saturated rings. The van der Waals surface area contributed by atoms with Gasteiger partial charge in [-0.2, -0.15) is 0 Å². The summed E-state index contributed by atoms with van der Waals surface area (Å²) in [5.74, 6) is -0.730. The molecule has 7 nitrogen and oxygen atoms in total. The summed E-state index contributed by atoms with van der Waals surface area (Å²) in [6, 6.07) is 20.9. The second kappa shape index (κ2) is 14.2. The van der Waals surface area contributed by atoms with Crippen molar-refractivity contribution in [2.24, 2.45) is 0 Å². The van der Waals surface area contributed by atoms with Gasteiger partial charge in [0.2, 0.25) is 5.13 Å². The third kappa shape index (κ3) is 7.30. The van der Waals surface area contributed by atoms with Crippen LogP contribution in [0.1, 0.15) is 42.5 Å². The first-order valence-electron chi connectivity index (χ1n) is 13.5. The Morgan fingerprint density at radius 3 is 2.67 bits per heavy atom. The first-order valence-corrected chi connectivity index (χ1v) is 16.1. The summed E-state index contributed by atoms with van der Waals surface area (Å²) >= 11 is 14.9. The van der Waals surface area contributed by atoms with Crippen molar-refractivity contribution in [2.45, 2.75) is 35.9 Å². The van der Waals surface area contributed by atoms with E-state index in [0.717, 1.165) is 24.0 Å². The topological polar surface area (TPSA) is 92.6 Å². The summed E-state index contributed by atoms with van der Waals surface area (Å²) in [6.07, 6.45) is 4.89.